The van der Waals surface area contributed by atoms with Gasteiger partial charge in [-0.2, -0.15) is 0 Å². The standard InChI is InChI=1S/C15H16N4O2/c1-9-3-4-12-11(7-9)19(8-10(2)21-12)15(20)13-14(16)18-6-5-17-13/h3-7,10H,8H2,1-2H3,(H2,16,18). The summed E-state index contributed by atoms with van der Waals surface area (Å²) in [5.41, 5.74) is 7.72. The monoisotopic (exact) mass is 284 g/mol. The van der Waals surface area contributed by atoms with Gasteiger partial charge in [-0.15, -0.1) is 0 Å². The molecule has 0 saturated carbocycles. The van der Waals surface area contributed by atoms with Gasteiger partial charge in [0.2, 0.25) is 0 Å². The molecule has 21 heavy (non-hydrogen) atoms. The number of benzene rings is 1. The summed E-state index contributed by atoms with van der Waals surface area (Å²) in [7, 11) is 0. The lowest BCUT2D eigenvalue weighted by atomic mass is 10.1. The Morgan fingerprint density at radius 2 is 2.14 bits per heavy atom. The number of anilines is 2. The number of ether oxygens (including phenoxy) is 1. The van der Waals surface area contributed by atoms with Crippen molar-refractivity contribution < 1.29 is 9.53 Å². The molecular weight excluding hydrogens is 268 g/mol. The van der Waals surface area contributed by atoms with Crippen molar-refractivity contribution in [1.82, 2.24) is 9.97 Å². The molecule has 6 nitrogen and oxygen atoms in total. The molecule has 0 saturated heterocycles. The van der Waals surface area contributed by atoms with Crippen LogP contribution in [0.25, 0.3) is 0 Å². The maximum Gasteiger partial charge on any atom is 0.280 e. The van der Waals surface area contributed by atoms with Crippen LogP contribution in [-0.4, -0.2) is 28.5 Å². The van der Waals surface area contributed by atoms with Crippen molar-refractivity contribution in [2.24, 2.45) is 0 Å². The SMILES string of the molecule is Cc1ccc2c(c1)N(C(=O)c1nccnc1N)CC(C)O2. The molecular formula is C15H16N4O2. The minimum absolute atomic E-state index is 0.0953. The van der Waals surface area contributed by atoms with Gasteiger partial charge < -0.3 is 10.5 Å². The molecule has 1 aromatic heterocycles. The van der Waals surface area contributed by atoms with Crippen LogP contribution in [0.15, 0.2) is 30.6 Å². The number of rotatable bonds is 1. The lowest BCUT2D eigenvalue weighted by Gasteiger charge is -2.33. The molecule has 3 rings (SSSR count). The smallest absolute Gasteiger partial charge is 0.280 e. The van der Waals surface area contributed by atoms with E-state index >= 15 is 0 Å². The maximum atomic E-state index is 12.7. The van der Waals surface area contributed by atoms with Gasteiger partial charge in [-0.25, -0.2) is 9.97 Å². The molecule has 1 atom stereocenters. The average molecular weight is 284 g/mol. The van der Waals surface area contributed by atoms with Crippen LogP contribution in [0.3, 0.4) is 0 Å². The van der Waals surface area contributed by atoms with Crippen molar-refractivity contribution in [2.75, 3.05) is 17.2 Å². The third-order valence-corrected chi connectivity index (χ3v) is 3.35. The second kappa shape index (κ2) is 5.05. The van der Waals surface area contributed by atoms with E-state index in [0.717, 1.165) is 11.3 Å². The molecule has 6 heteroatoms. The van der Waals surface area contributed by atoms with E-state index in [1.165, 1.54) is 12.4 Å². The molecule has 1 amide bonds. The summed E-state index contributed by atoms with van der Waals surface area (Å²) < 4.78 is 5.77. The number of nitrogen functional groups attached to an aromatic ring is 1. The number of carbonyl (C=O) groups excluding carboxylic acids is 1. The van der Waals surface area contributed by atoms with Gasteiger partial charge in [-0.1, -0.05) is 6.07 Å². The predicted molar refractivity (Wildman–Crippen MR) is 79.4 cm³/mol. The maximum absolute atomic E-state index is 12.7. The second-order valence-corrected chi connectivity index (χ2v) is 5.11. The number of aryl methyl sites for hydroxylation is 1. The molecule has 0 radical (unpaired) electrons. The number of hydrogen-bond donors (Lipinski definition) is 1. The molecule has 1 aliphatic heterocycles. The fourth-order valence-electron chi connectivity index (χ4n) is 2.38. The van der Waals surface area contributed by atoms with Crippen molar-refractivity contribution in [2.45, 2.75) is 20.0 Å². The molecule has 1 aliphatic rings. The van der Waals surface area contributed by atoms with E-state index in [4.69, 9.17) is 10.5 Å². The number of carbonyl (C=O) groups is 1. The van der Waals surface area contributed by atoms with E-state index in [1.54, 1.807) is 4.90 Å². The van der Waals surface area contributed by atoms with Crippen molar-refractivity contribution >= 4 is 17.4 Å². The lowest BCUT2D eigenvalue weighted by Crippen LogP contribution is -2.43. The zero-order valence-corrected chi connectivity index (χ0v) is 11.9. The third-order valence-electron chi connectivity index (χ3n) is 3.35. The Bertz CT molecular complexity index is 702. The summed E-state index contributed by atoms with van der Waals surface area (Å²) in [5, 5.41) is 0. The molecule has 2 heterocycles. The molecule has 2 aromatic rings. The summed E-state index contributed by atoms with van der Waals surface area (Å²) in [4.78, 5) is 22.4. The van der Waals surface area contributed by atoms with Gasteiger partial charge in [0.1, 0.15) is 11.9 Å². The van der Waals surface area contributed by atoms with Crippen LogP contribution >= 0.6 is 0 Å². The summed E-state index contributed by atoms with van der Waals surface area (Å²) in [6.45, 7) is 4.34. The lowest BCUT2D eigenvalue weighted by molar-refractivity contribution is 0.0957. The number of fused-ring (bicyclic) bond motifs is 1. The topological polar surface area (TPSA) is 81.3 Å². The van der Waals surface area contributed by atoms with Crippen LogP contribution < -0.4 is 15.4 Å². The van der Waals surface area contributed by atoms with Crippen molar-refractivity contribution in [3.63, 3.8) is 0 Å². The summed E-state index contributed by atoms with van der Waals surface area (Å²) >= 11 is 0. The van der Waals surface area contributed by atoms with Crippen molar-refractivity contribution in [3.05, 3.63) is 41.9 Å². The summed E-state index contributed by atoms with van der Waals surface area (Å²) in [6.07, 6.45) is 2.83. The zero-order valence-electron chi connectivity index (χ0n) is 11.9. The minimum Gasteiger partial charge on any atom is -0.487 e. The molecule has 0 spiro atoms. The van der Waals surface area contributed by atoms with E-state index in [0.29, 0.717) is 12.3 Å². The van der Waals surface area contributed by atoms with Gasteiger partial charge in [0, 0.05) is 12.4 Å². The van der Waals surface area contributed by atoms with E-state index in [2.05, 4.69) is 9.97 Å². The highest BCUT2D eigenvalue weighted by Crippen LogP contribution is 2.35. The molecule has 108 valence electrons. The predicted octanol–water partition coefficient (Wildman–Crippen LogP) is 1.79. The molecule has 2 N–H and O–H groups in total. The first-order valence-corrected chi connectivity index (χ1v) is 6.72. The molecule has 0 aliphatic carbocycles. The van der Waals surface area contributed by atoms with Crippen LogP contribution in [-0.2, 0) is 0 Å². The highest BCUT2D eigenvalue weighted by atomic mass is 16.5. The normalized spacial score (nSPS) is 17.0. The number of nitrogens with two attached hydrogens (primary N) is 1. The highest BCUT2D eigenvalue weighted by Gasteiger charge is 2.30. The van der Waals surface area contributed by atoms with Gasteiger partial charge in [0.15, 0.2) is 11.5 Å². The Kier molecular flexibility index (Phi) is 3.21. The van der Waals surface area contributed by atoms with Crippen LogP contribution in [0, 0.1) is 6.92 Å². The van der Waals surface area contributed by atoms with E-state index in [9.17, 15) is 4.79 Å². The Hall–Kier alpha value is -2.63. The fourth-order valence-corrected chi connectivity index (χ4v) is 2.38. The van der Waals surface area contributed by atoms with Crippen LogP contribution in [0.4, 0.5) is 11.5 Å². The molecule has 0 fully saturated rings. The van der Waals surface area contributed by atoms with Crippen molar-refractivity contribution in [1.29, 1.82) is 0 Å². The average Bonchev–Trinajstić information content (AvgIpc) is 2.47. The quantitative estimate of drug-likeness (QED) is 0.863. The zero-order chi connectivity index (χ0) is 15.0. The molecule has 0 bridgehead atoms. The van der Waals surface area contributed by atoms with Gasteiger partial charge in [0.25, 0.3) is 5.91 Å². The van der Waals surface area contributed by atoms with Crippen molar-refractivity contribution in [3.8, 4) is 5.75 Å². The minimum atomic E-state index is -0.261. The van der Waals surface area contributed by atoms with E-state index in [1.807, 2.05) is 32.0 Å². The van der Waals surface area contributed by atoms with Gasteiger partial charge in [0.05, 0.1) is 12.2 Å². The van der Waals surface area contributed by atoms with Crippen LogP contribution in [0.2, 0.25) is 0 Å². The highest BCUT2D eigenvalue weighted by molar-refractivity contribution is 6.08. The summed E-state index contributed by atoms with van der Waals surface area (Å²) in [5.74, 6) is 0.564. The first kappa shape index (κ1) is 13.4. The number of aromatic nitrogens is 2. The van der Waals surface area contributed by atoms with Gasteiger partial charge in [-0.05, 0) is 31.5 Å². The number of nitrogens with zero attached hydrogens (tertiary/aromatic N) is 3. The van der Waals surface area contributed by atoms with Gasteiger partial charge >= 0.3 is 0 Å². The molecule has 1 unspecified atom stereocenters. The fraction of sp³-hybridized carbons (Fsp3) is 0.267. The number of hydrogen-bond acceptors (Lipinski definition) is 5. The Morgan fingerprint density at radius 1 is 1.38 bits per heavy atom. The summed E-state index contributed by atoms with van der Waals surface area (Å²) in [6, 6.07) is 5.75. The Morgan fingerprint density at radius 3 is 2.90 bits per heavy atom. The van der Waals surface area contributed by atoms with Crippen LogP contribution in [0.5, 0.6) is 5.75 Å². The Labute approximate surface area is 122 Å². The first-order chi connectivity index (χ1) is 10.1. The van der Waals surface area contributed by atoms with Gasteiger partial charge in [-0.3, -0.25) is 9.69 Å². The third kappa shape index (κ3) is 2.40. The first-order valence-electron chi connectivity index (χ1n) is 6.72. The largest absolute Gasteiger partial charge is 0.487 e. The number of amides is 1. The Balaban J connectivity index is 2.05. The van der Waals surface area contributed by atoms with Crippen LogP contribution in [0.1, 0.15) is 23.0 Å². The van der Waals surface area contributed by atoms with E-state index in [-0.39, 0.29) is 23.5 Å². The van der Waals surface area contributed by atoms with E-state index < -0.39 is 0 Å². The molecule has 1 aromatic carbocycles. The second-order valence-electron chi connectivity index (χ2n) is 5.11.